The number of hydrogen-bond acceptors (Lipinski definition) is 5. The van der Waals surface area contributed by atoms with Gasteiger partial charge in [0.1, 0.15) is 11.6 Å². The van der Waals surface area contributed by atoms with Crippen LogP contribution in [0, 0.1) is 17.2 Å². The lowest BCUT2D eigenvalue weighted by molar-refractivity contribution is 0.460. The fourth-order valence-electron chi connectivity index (χ4n) is 2.67. The Kier molecular flexibility index (Phi) is 5.65. The normalized spacial score (nSPS) is 16.5. The van der Waals surface area contributed by atoms with Gasteiger partial charge in [-0.1, -0.05) is 39.5 Å². The quantitative estimate of drug-likeness (QED) is 0.716. The minimum atomic E-state index is -0.253. The van der Waals surface area contributed by atoms with Crippen LogP contribution in [0.1, 0.15) is 39.0 Å². The van der Waals surface area contributed by atoms with E-state index in [4.69, 9.17) is 0 Å². The molecule has 7 heteroatoms. The fraction of sp³-hybridized carbons (Fsp3) is 0.444. The van der Waals surface area contributed by atoms with Gasteiger partial charge in [0.05, 0.1) is 5.69 Å². The first kappa shape index (κ1) is 19.5. The summed E-state index contributed by atoms with van der Waals surface area (Å²) in [7, 11) is 0. The first-order valence-electron chi connectivity index (χ1n) is 7.96. The van der Waals surface area contributed by atoms with Crippen molar-refractivity contribution >= 4 is 25.3 Å². The molecule has 0 saturated carbocycles. The summed E-state index contributed by atoms with van der Waals surface area (Å²) in [6.07, 6.45) is 1.70. The third-order valence-corrected chi connectivity index (χ3v) is 5.35. The number of nitriles is 1. The van der Waals surface area contributed by atoms with Crippen LogP contribution >= 0.6 is 25.3 Å². The van der Waals surface area contributed by atoms with Gasteiger partial charge in [0.15, 0.2) is 5.16 Å². The molecule has 0 N–H and O–H groups in total. The monoisotopic (exact) mass is 374 g/mol. The Labute approximate surface area is 159 Å². The third kappa shape index (κ3) is 3.75. The second-order valence-corrected chi connectivity index (χ2v) is 8.23. The van der Waals surface area contributed by atoms with Gasteiger partial charge in [-0.2, -0.15) is 18.8 Å². The van der Waals surface area contributed by atoms with Crippen molar-refractivity contribution in [2.45, 2.75) is 44.8 Å². The summed E-state index contributed by atoms with van der Waals surface area (Å²) in [6.45, 7) is 8.99. The second kappa shape index (κ2) is 7.22. The van der Waals surface area contributed by atoms with Gasteiger partial charge in [0, 0.05) is 35.2 Å². The van der Waals surface area contributed by atoms with Crippen LogP contribution in [0.25, 0.3) is 11.3 Å². The van der Waals surface area contributed by atoms with E-state index in [1.165, 1.54) is 0 Å². The minimum absolute atomic E-state index is 0. The first-order chi connectivity index (χ1) is 11.3. The molecule has 0 unspecified atom stereocenters. The largest absolute Gasteiger partial charge is 0.286 e. The SMILES string of the molecule is C[C@@H]1CSc2nc(-c3ccc(C(C)(C)C)nc3)c(C#N)c(=O)n2C1.S. The number of rotatable bonds is 1. The molecule has 2 aromatic rings. The maximum atomic E-state index is 12.7. The van der Waals surface area contributed by atoms with E-state index < -0.39 is 0 Å². The van der Waals surface area contributed by atoms with E-state index >= 15 is 0 Å². The van der Waals surface area contributed by atoms with Crippen LogP contribution in [0.15, 0.2) is 28.3 Å². The van der Waals surface area contributed by atoms with Crippen molar-refractivity contribution in [1.29, 1.82) is 5.26 Å². The van der Waals surface area contributed by atoms with Crippen LogP contribution in [-0.2, 0) is 12.0 Å². The van der Waals surface area contributed by atoms with Crippen molar-refractivity contribution in [3.05, 3.63) is 39.9 Å². The van der Waals surface area contributed by atoms with Gasteiger partial charge in [-0.05, 0) is 18.1 Å². The Morgan fingerprint density at radius 3 is 2.64 bits per heavy atom. The lowest BCUT2D eigenvalue weighted by Gasteiger charge is -2.23. The zero-order valence-corrected chi connectivity index (χ0v) is 16.6. The van der Waals surface area contributed by atoms with E-state index in [9.17, 15) is 10.1 Å². The van der Waals surface area contributed by atoms with Crippen LogP contribution < -0.4 is 5.56 Å². The first-order valence-corrected chi connectivity index (χ1v) is 8.94. The van der Waals surface area contributed by atoms with Crippen LogP contribution in [0.3, 0.4) is 0 Å². The Balaban J connectivity index is 0.00000225. The van der Waals surface area contributed by atoms with E-state index in [1.54, 1.807) is 22.5 Å². The Morgan fingerprint density at radius 2 is 2.08 bits per heavy atom. The molecule has 3 rings (SSSR count). The van der Waals surface area contributed by atoms with Gasteiger partial charge in [0.2, 0.25) is 0 Å². The molecule has 5 nitrogen and oxygen atoms in total. The zero-order chi connectivity index (χ0) is 17.5. The summed E-state index contributed by atoms with van der Waals surface area (Å²) < 4.78 is 1.62. The number of thioether (sulfide) groups is 1. The molecule has 0 fully saturated rings. The Bertz CT molecular complexity index is 876. The minimum Gasteiger partial charge on any atom is -0.286 e. The smallest absolute Gasteiger partial charge is 0.272 e. The lowest BCUT2D eigenvalue weighted by Crippen LogP contribution is -2.32. The highest BCUT2D eigenvalue weighted by atomic mass is 32.2. The second-order valence-electron chi connectivity index (χ2n) is 7.24. The highest BCUT2D eigenvalue weighted by Gasteiger charge is 2.23. The van der Waals surface area contributed by atoms with Gasteiger partial charge in [-0.15, -0.1) is 0 Å². The highest BCUT2D eigenvalue weighted by molar-refractivity contribution is 7.99. The highest BCUT2D eigenvalue weighted by Crippen LogP contribution is 2.29. The van der Waals surface area contributed by atoms with Crippen LogP contribution in [-0.4, -0.2) is 20.3 Å². The van der Waals surface area contributed by atoms with Gasteiger partial charge in [-0.25, -0.2) is 4.98 Å². The van der Waals surface area contributed by atoms with Crippen molar-refractivity contribution in [2.24, 2.45) is 5.92 Å². The predicted molar refractivity (Wildman–Crippen MR) is 105 cm³/mol. The standard InChI is InChI=1S/C18H20N4OS.H2S/c1-11-9-22-16(23)13(7-19)15(21-17(22)24-10-11)12-5-6-14(20-8-12)18(2,3)4;/h5-6,8,11H,9-10H2,1-4H3;1H2/t11-;/m0./s1. The summed E-state index contributed by atoms with van der Waals surface area (Å²) in [5.41, 5.74) is 1.90. The number of hydrogen-bond donors (Lipinski definition) is 0. The molecule has 1 aliphatic rings. The molecule has 3 heterocycles. The summed E-state index contributed by atoms with van der Waals surface area (Å²) in [6, 6.07) is 5.87. The van der Waals surface area contributed by atoms with Crippen LogP contribution in [0.4, 0.5) is 0 Å². The molecular formula is C18H22N4OS2. The van der Waals surface area contributed by atoms with Crippen LogP contribution in [0.2, 0.25) is 0 Å². The van der Waals surface area contributed by atoms with Gasteiger partial charge >= 0.3 is 0 Å². The molecule has 1 aliphatic heterocycles. The average molecular weight is 375 g/mol. The van der Waals surface area contributed by atoms with Crippen molar-refractivity contribution in [1.82, 2.24) is 14.5 Å². The molecule has 0 aliphatic carbocycles. The van der Waals surface area contributed by atoms with E-state index in [2.05, 4.69) is 37.7 Å². The van der Waals surface area contributed by atoms with Gasteiger partial charge < -0.3 is 0 Å². The summed E-state index contributed by atoms with van der Waals surface area (Å²) in [5.74, 6) is 1.33. The lowest BCUT2D eigenvalue weighted by atomic mass is 9.91. The summed E-state index contributed by atoms with van der Waals surface area (Å²) >= 11 is 1.57. The third-order valence-electron chi connectivity index (χ3n) is 4.04. The topological polar surface area (TPSA) is 71.6 Å². The Hall–Kier alpha value is -1.78. The van der Waals surface area contributed by atoms with Gasteiger partial charge in [0.25, 0.3) is 5.56 Å². The maximum absolute atomic E-state index is 12.7. The average Bonchev–Trinajstić information content (AvgIpc) is 2.54. The number of nitrogens with zero attached hydrogens (tertiary/aromatic N) is 4. The molecule has 25 heavy (non-hydrogen) atoms. The van der Waals surface area contributed by atoms with Crippen molar-refractivity contribution in [3.63, 3.8) is 0 Å². The molecule has 1 atom stereocenters. The molecule has 0 saturated heterocycles. The van der Waals surface area contributed by atoms with E-state index in [-0.39, 0.29) is 30.0 Å². The maximum Gasteiger partial charge on any atom is 0.272 e. The van der Waals surface area contributed by atoms with E-state index in [1.807, 2.05) is 18.2 Å². The van der Waals surface area contributed by atoms with E-state index in [0.29, 0.717) is 28.9 Å². The molecular weight excluding hydrogens is 352 g/mol. The van der Waals surface area contributed by atoms with E-state index in [0.717, 1.165) is 11.4 Å². The van der Waals surface area contributed by atoms with Crippen molar-refractivity contribution < 1.29 is 0 Å². The van der Waals surface area contributed by atoms with Crippen LogP contribution in [0.5, 0.6) is 0 Å². The molecule has 0 aromatic carbocycles. The van der Waals surface area contributed by atoms with Gasteiger partial charge in [-0.3, -0.25) is 14.3 Å². The Morgan fingerprint density at radius 1 is 1.36 bits per heavy atom. The van der Waals surface area contributed by atoms with Crippen molar-refractivity contribution in [3.8, 4) is 17.3 Å². The van der Waals surface area contributed by atoms with Crippen molar-refractivity contribution in [2.75, 3.05) is 5.75 Å². The molecule has 2 aromatic heterocycles. The number of pyridine rings is 1. The molecule has 0 radical (unpaired) electrons. The number of aromatic nitrogens is 3. The predicted octanol–water partition coefficient (Wildman–Crippen LogP) is 3.33. The molecule has 132 valence electrons. The molecule has 0 bridgehead atoms. The molecule has 0 amide bonds. The zero-order valence-electron chi connectivity index (χ0n) is 14.8. The number of fused-ring (bicyclic) bond motifs is 1. The summed E-state index contributed by atoms with van der Waals surface area (Å²) in [4.78, 5) is 21.8. The summed E-state index contributed by atoms with van der Waals surface area (Å²) in [5, 5.41) is 10.2. The fourth-order valence-corrected chi connectivity index (χ4v) is 3.68. The molecule has 0 spiro atoms.